The molecule has 3 rings (SSSR count). The van der Waals surface area contributed by atoms with Crippen LogP contribution in [-0.4, -0.2) is 41.3 Å². The maximum atomic E-state index is 12.7. The molecular weight excluding hydrogens is 306 g/mol. The molecular formula is C18H17N3O3. The number of nitrogens with one attached hydrogen (secondary N) is 1. The number of methoxy groups -OCH3 is 1. The van der Waals surface area contributed by atoms with E-state index in [1.807, 2.05) is 30.3 Å². The van der Waals surface area contributed by atoms with Gasteiger partial charge in [0.2, 0.25) is 0 Å². The Balaban J connectivity index is 2.05. The van der Waals surface area contributed by atoms with Gasteiger partial charge in [-0.25, -0.2) is 0 Å². The number of aromatic nitrogens is 2. The summed E-state index contributed by atoms with van der Waals surface area (Å²) in [6.45, 7) is 0.635. The Bertz CT molecular complexity index is 872. The molecule has 0 spiro atoms. The second-order valence-electron chi connectivity index (χ2n) is 5.22. The van der Waals surface area contributed by atoms with Crippen molar-refractivity contribution in [2.75, 3.05) is 20.3 Å². The van der Waals surface area contributed by atoms with Crippen LogP contribution >= 0.6 is 0 Å². The monoisotopic (exact) mass is 323 g/mol. The van der Waals surface area contributed by atoms with Crippen molar-refractivity contribution in [2.24, 2.45) is 0 Å². The lowest BCUT2D eigenvalue weighted by Crippen LogP contribution is -2.34. The van der Waals surface area contributed by atoms with Gasteiger partial charge in [-0.2, -0.15) is 0 Å². The minimum atomic E-state index is -0.652. The van der Waals surface area contributed by atoms with E-state index in [4.69, 9.17) is 4.74 Å². The number of hydrogen-bond donors (Lipinski definition) is 1. The minimum absolute atomic E-state index is 0.284. The van der Waals surface area contributed by atoms with Crippen LogP contribution in [0.1, 0.15) is 10.5 Å². The molecule has 0 saturated heterocycles. The third-order valence-electron chi connectivity index (χ3n) is 3.67. The summed E-state index contributed by atoms with van der Waals surface area (Å²) in [6.07, 6.45) is 5.11. The number of ether oxygens (including phenoxy) is 1. The molecule has 6 heteroatoms. The van der Waals surface area contributed by atoms with Crippen LogP contribution < -0.4 is 5.32 Å². The number of rotatable bonds is 6. The SMILES string of the molecule is COCCNC(=O)C(=O)c1c(-c2cccnc2)cc2ccccn12. The van der Waals surface area contributed by atoms with Crippen LogP contribution in [0.4, 0.5) is 0 Å². The van der Waals surface area contributed by atoms with E-state index in [2.05, 4.69) is 10.3 Å². The van der Waals surface area contributed by atoms with Crippen LogP contribution in [0, 0.1) is 0 Å². The first-order chi connectivity index (χ1) is 11.7. The Morgan fingerprint density at radius 1 is 1.25 bits per heavy atom. The lowest BCUT2D eigenvalue weighted by molar-refractivity contribution is -0.117. The summed E-state index contributed by atoms with van der Waals surface area (Å²) in [4.78, 5) is 29.0. The Hall–Kier alpha value is -2.99. The zero-order valence-electron chi connectivity index (χ0n) is 13.2. The standard InChI is InChI=1S/C18H17N3O3/c1-24-10-8-20-18(23)17(22)16-15(13-5-4-7-19-12-13)11-14-6-2-3-9-21(14)16/h2-7,9,11-12H,8,10H2,1H3,(H,20,23). The van der Waals surface area contributed by atoms with Crippen molar-refractivity contribution in [3.05, 3.63) is 60.7 Å². The first kappa shape index (κ1) is 15.9. The van der Waals surface area contributed by atoms with Gasteiger partial charge in [-0.3, -0.25) is 14.6 Å². The van der Waals surface area contributed by atoms with Gasteiger partial charge in [0.05, 0.1) is 6.61 Å². The maximum absolute atomic E-state index is 12.7. The van der Waals surface area contributed by atoms with Gasteiger partial charge in [-0.05, 0) is 24.3 Å². The molecule has 0 atom stereocenters. The predicted octanol–water partition coefficient (Wildman–Crippen LogP) is 1.95. The highest BCUT2D eigenvalue weighted by Crippen LogP contribution is 2.27. The number of ketones is 1. The van der Waals surface area contributed by atoms with Crippen LogP contribution in [0.15, 0.2) is 55.0 Å². The Morgan fingerprint density at radius 3 is 2.88 bits per heavy atom. The molecule has 0 aliphatic carbocycles. The summed E-state index contributed by atoms with van der Waals surface area (Å²) in [5.41, 5.74) is 2.63. The minimum Gasteiger partial charge on any atom is -0.383 e. The fourth-order valence-corrected chi connectivity index (χ4v) is 2.55. The van der Waals surface area contributed by atoms with E-state index >= 15 is 0 Å². The zero-order chi connectivity index (χ0) is 16.9. The third kappa shape index (κ3) is 3.04. The summed E-state index contributed by atoms with van der Waals surface area (Å²) < 4.78 is 6.61. The normalized spacial score (nSPS) is 10.7. The van der Waals surface area contributed by atoms with Crippen LogP contribution in [-0.2, 0) is 9.53 Å². The summed E-state index contributed by atoms with van der Waals surface area (Å²) in [5, 5.41) is 2.57. The second-order valence-corrected chi connectivity index (χ2v) is 5.22. The lowest BCUT2D eigenvalue weighted by Gasteiger charge is -2.07. The number of pyridine rings is 2. The van der Waals surface area contributed by atoms with Gasteiger partial charge < -0.3 is 14.5 Å². The molecule has 0 saturated carbocycles. The molecule has 0 aliphatic heterocycles. The van der Waals surface area contributed by atoms with E-state index in [-0.39, 0.29) is 6.54 Å². The summed E-state index contributed by atoms with van der Waals surface area (Å²) in [5.74, 6) is -1.24. The highest BCUT2D eigenvalue weighted by Gasteiger charge is 2.24. The highest BCUT2D eigenvalue weighted by atomic mass is 16.5. The van der Waals surface area contributed by atoms with Crippen molar-refractivity contribution < 1.29 is 14.3 Å². The van der Waals surface area contributed by atoms with Crippen LogP contribution in [0.2, 0.25) is 0 Å². The van der Waals surface area contributed by atoms with Gasteiger partial charge >= 0.3 is 0 Å². The first-order valence-corrected chi connectivity index (χ1v) is 7.54. The van der Waals surface area contributed by atoms with E-state index in [0.29, 0.717) is 17.9 Å². The van der Waals surface area contributed by atoms with E-state index in [9.17, 15) is 9.59 Å². The van der Waals surface area contributed by atoms with Crippen molar-refractivity contribution in [3.8, 4) is 11.1 Å². The van der Waals surface area contributed by atoms with Crippen LogP contribution in [0.5, 0.6) is 0 Å². The first-order valence-electron chi connectivity index (χ1n) is 7.54. The van der Waals surface area contributed by atoms with Crippen LogP contribution in [0.25, 0.3) is 16.6 Å². The molecule has 0 aliphatic rings. The predicted molar refractivity (Wildman–Crippen MR) is 89.8 cm³/mol. The number of hydrogen-bond acceptors (Lipinski definition) is 4. The van der Waals surface area contributed by atoms with E-state index < -0.39 is 11.7 Å². The molecule has 0 fully saturated rings. The van der Waals surface area contributed by atoms with E-state index in [1.165, 1.54) is 7.11 Å². The number of nitrogens with zero attached hydrogens (tertiary/aromatic N) is 2. The number of fused-ring (bicyclic) bond motifs is 1. The van der Waals surface area contributed by atoms with Crippen molar-refractivity contribution in [3.63, 3.8) is 0 Å². The molecule has 24 heavy (non-hydrogen) atoms. The topological polar surface area (TPSA) is 72.7 Å². The van der Waals surface area contributed by atoms with Crippen molar-refractivity contribution in [1.82, 2.24) is 14.7 Å². The number of carbonyl (C=O) groups is 2. The average molecular weight is 323 g/mol. The van der Waals surface area contributed by atoms with Gasteiger partial charge in [0.15, 0.2) is 0 Å². The smallest absolute Gasteiger partial charge is 0.294 e. The quantitative estimate of drug-likeness (QED) is 0.427. The van der Waals surface area contributed by atoms with Gasteiger partial charge in [0.25, 0.3) is 11.7 Å². The lowest BCUT2D eigenvalue weighted by atomic mass is 10.1. The average Bonchev–Trinajstić information content (AvgIpc) is 3.01. The Kier molecular flexibility index (Phi) is 4.67. The maximum Gasteiger partial charge on any atom is 0.294 e. The molecule has 1 N–H and O–H groups in total. The molecule has 3 aromatic rings. The van der Waals surface area contributed by atoms with Gasteiger partial charge in [0.1, 0.15) is 5.69 Å². The highest BCUT2D eigenvalue weighted by molar-refractivity contribution is 6.43. The molecule has 0 radical (unpaired) electrons. The number of carbonyl (C=O) groups excluding carboxylic acids is 2. The fraction of sp³-hybridized carbons (Fsp3) is 0.167. The molecule has 3 aromatic heterocycles. The van der Waals surface area contributed by atoms with Crippen LogP contribution in [0.3, 0.4) is 0 Å². The third-order valence-corrected chi connectivity index (χ3v) is 3.67. The molecule has 6 nitrogen and oxygen atoms in total. The molecule has 0 aromatic carbocycles. The molecule has 122 valence electrons. The van der Waals surface area contributed by atoms with Gasteiger partial charge in [0, 0.05) is 48.9 Å². The molecule has 0 bridgehead atoms. The number of Topliss-reactive ketones (excluding diaryl/α,β-unsaturated/α-hetero) is 1. The second kappa shape index (κ2) is 7.06. The van der Waals surface area contributed by atoms with Gasteiger partial charge in [-0.15, -0.1) is 0 Å². The van der Waals surface area contributed by atoms with E-state index in [0.717, 1.165) is 11.1 Å². The fourth-order valence-electron chi connectivity index (χ4n) is 2.55. The molecule has 1 amide bonds. The summed E-state index contributed by atoms with van der Waals surface area (Å²) in [6, 6.07) is 11.1. The van der Waals surface area contributed by atoms with Crippen molar-refractivity contribution in [1.29, 1.82) is 0 Å². The summed E-state index contributed by atoms with van der Waals surface area (Å²) in [7, 11) is 1.54. The Morgan fingerprint density at radius 2 is 2.12 bits per heavy atom. The van der Waals surface area contributed by atoms with Gasteiger partial charge in [-0.1, -0.05) is 12.1 Å². The largest absolute Gasteiger partial charge is 0.383 e. The molecule has 3 heterocycles. The summed E-state index contributed by atoms with van der Waals surface area (Å²) >= 11 is 0. The Labute approximate surface area is 139 Å². The number of amides is 1. The molecule has 0 unspecified atom stereocenters. The van der Waals surface area contributed by atoms with Crippen molar-refractivity contribution in [2.45, 2.75) is 0 Å². The zero-order valence-corrected chi connectivity index (χ0v) is 13.2. The van der Waals surface area contributed by atoms with Crippen molar-refractivity contribution >= 4 is 17.2 Å². The van der Waals surface area contributed by atoms with E-state index in [1.54, 1.807) is 29.1 Å².